The third-order valence-electron chi connectivity index (χ3n) is 5.58. The van der Waals surface area contributed by atoms with Gasteiger partial charge >= 0.3 is 0 Å². The van der Waals surface area contributed by atoms with Gasteiger partial charge in [-0.25, -0.2) is 8.42 Å². The van der Waals surface area contributed by atoms with Gasteiger partial charge in [0.15, 0.2) is 0 Å². The Kier molecular flexibility index (Phi) is 5.38. The summed E-state index contributed by atoms with van der Waals surface area (Å²) in [6.45, 7) is 1.09. The van der Waals surface area contributed by atoms with E-state index in [1.807, 2.05) is 42.5 Å². The van der Waals surface area contributed by atoms with Crippen molar-refractivity contribution in [2.45, 2.75) is 30.1 Å². The van der Waals surface area contributed by atoms with Crippen molar-refractivity contribution in [2.75, 3.05) is 20.2 Å². The molecule has 1 unspecified atom stereocenters. The second kappa shape index (κ2) is 7.94. The number of nitrogens with zero attached hydrogens (tertiary/aromatic N) is 1. The Morgan fingerprint density at radius 1 is 0.929 bits per heavy atom. The molecule has 4 nitrogen and oxygen atoms in total. The van der Waals surface area contributed by atoms with Gasteiger partial charge in [0.1, 0.15) is 5.75 Å². The molecule has 146 valence electrons. The molecule has 0 saturated carbocycles. The summed E-state index contributed by atoms with van der Waals surface area (Å²) in [5.41, 5.74) is 1.17. The van der Waals surface area contributed by atoms with E-state index < -0.39 is 10.0 Å². The molecule has 1 aliphatic heterocycles. The normalized spacial score (nSPS) is 18.7. The molecule has 0 aliphatic carbocycles. The van der Waals surface area contributed by atoms with Crippen molar-refractivity contribution < 1.29 is 13.2 Å². The van der Waals surface area contributed by atoms with E-state index >= 15 is 0 Å². The van der Waals surface area contributed by atoms with Crippen LogP contribution in [0.2, 0.25) is 0 Å². The fourth-order valence-corrected chi connectivity index (χ4v) is 5.51. The first-order chi connectivity index (χ1) is 13.6. The van der Waals surface area contributed by atoms with E-state index in [1.165, 1.54) is 5.56 Å². The largest absolute Gasteiger partial charge is 0.497 e. The topological polar surface area (TPSA) is 46.6 Å². The van der Waals surface area contributed by atoms with Crippen LogP contribution >= 0.6 is 0 Å². The molecule has 1 heterocycles. The van der Waals surface area contributed by atoms with Crippen LogP contribution in [0.15, 0.2) is 71.6 Å². The Bertz CT molecular complexity index is 1060. The SMILES string of the molecule is COc1ccc(C2CCCCN(S(=O)(=O)c3ccc4ccccc4c3)C2)cc1. The number of sulfonamides is 1. The van der Waals surface area contributed by atoms with Gasteiger partial charge in [0.2, 0.25) is 10.0 Å². The molecule has 1 fully saturated rings. The van der Waals surface area contributed by atoms with Crippen molar-refractivity contribution in [1.82, 2.24) is 4.31 Å². The number of fused-ring (bicyclic) bond motifs is 1. The minimum atomic E-state index is -3.52. The monoisotopic (exact) mass is 395 g/mol. The second-order valence-corrected chi connectivity index (χ2v) is 9.28. The van der Waals surface area contributed by atoms with Gasteiger partial charge < -0.3 is 4.74 Å². The number of rotatable bonds is 4. The first kappa shape index (κ1) is 19.0. The van der Waals surface area contributed by atoms with Crippen molar-refractivity contribution in [2.24, 2.45) is 0 Å². The lowest BCUT2D eigenvalue weighted by Gasteiger charge is -2.24. The zero-order chi connectivity index (χ0) is 19.6. The fourth-order valence-electron chi connectivity index (χ4n) is 3.95. The summed E-state index contributed by atoms with van der Waals surface area (Å²) >= 11 is 0. The Balaban J connectivity index is 1.63. The Morgan fingerprint density at radius 3 is 2.43 bits per heavy atom. The lowest BCUT2D eigenvalue weighted by Crippen LogP contribution is -2.34. The summed E-state index contributed by atoms with van der Waals surface area (Å²) in [5, 5.41) is 2.00. The highest BCUT2D eigenvalue weighted by atomic mass is 32.2. The van der Waals surface area contributed by atoms with Gasteiger partial charge in [-0.3, -0.25) is 0 Å². The third kappa shape index (κ3) is 3.77. The van der Waals surface area contributed by atoms with Crippen molar-refractivity contribution >= 4 is 20.8 Å². The fraction of sp³-hybridized carbons (Fsp3) is 0.304. The molecular weight excluding hydrogens is 370 g/mol. The summed E-state index contributed by atoms with van der Waals surface area (Å²) in [5.74, 6) is 1.02. The quantitative estimate of drug-likeness (QED) is 0.637. The van der Waals surface area contributed by atoms with E-state index in [2.05, 4.69) is 12.1 Å². The Hall–Kier alpha value is -2.37. The van der Waals surface area contributed by atoms with E-state index in [0.29, 0.717) is 18.0 Å². The molecule has 3 aromatic carbocycles. The molecule has 1 aliphatic rings. The predicted molar refractivity (Wildman–Crippen MR) is 112 cm³/mol. The van der Waals surface area contributed by atoms with Gasteiger partial charge in [-0.1, -0.05) is 48.9 Å². The second-order valence-electron chi connectivity index (χ2n) is 7.34. The average molecular weight is 396 g/mol. The van der Waals surface area contributed by atoms with Gasteiger partial charge in [-0.15, -0.1) is 0 Å². The first-order valence-corrected chi connectivity index (χ1v) is 11.1. The smallest absolute Gasteiger partial charge is 0.243 e. The lowest BCUT2D eigenvalue weighted by atomic mass is 9.94. The van der Waals surface area contributed by atoms with Crippen LogP contribution in [0.3, 0.4) is 0 Å². The maximum Gasteiger partial charge on any atom is 0.243 e. The number of benzene rings is 3. The van der Waals surface area contributed by atoms with E-state index in [4.69, 9.17) is 4.74 Å². The van der Waals surface area contributed by atoms with E-state index in [-0.39, 0.29) is 5.92 Å². The maximum absolute atomic E-state index is 13.4. The molecule has 0 bridgehead atoms. The maximum atomic E-state index is 13.4. The molecule has 0 spiro atoms. The van der Waals surface area contributed by atoms with Crippen LogP contribution in [0.1, 0.15) is 30.7 Å². The molecular formula is C23H25NO3S. The summed E-state index contributed by atoms with van der Waals surface area (Å²) < 4.78 is 33.6. The minimum absolute atomic E-state index is 0.198. The highest BCUT2D eigenvalue weighted by molar-refractivity contribution is 7.89. The molecule has 4 rings (SSSR count). The zero-order valence-electron chi connectivity index (χ0n) is 16.0. The zero-order valence-corrected chi connectivity index (χ0v) is 16.9. The molecule has 5 heteroatoms. The van der Waals surface area contributed by atoms with Crippen LogP contribution < -0.4 is 4.74 Å². The summed E-state index contributed by atoms with van der Waals surface area (Å²) in [6.07, 6.45) is 2.91. The molecule has 3 aromatic rings. The standard InChI is InChI=1S/C23H25NO3S/c1-27-22-12-9-19(10-13-22)21-8-4-5-15-24(17-21)28(25,26)23-14-11-18-6-2-3-7-20(18)16-23/h2-3,6-7,9-14,16,21H,4-5,8,15,17H2,1H3. The molecule has 0 N–H and O–H groups in total. The minimum Gasteiger partial charge on any atom is -0.497 e. The lowest BCUT2D eigenvalue weighted by molar-refractivity contribution is 0.404. The van der Waals surface area contributed by atoms with Crippen LogP contribution in [0, 0.1) is 0 Å². The third-order valence-corrected chi connectivity index (χ3v) is 7.44. The van der Waals surface area contributed by atoms with Crippen LogP contribution in [-0.4, -0.2) is 32.9 Å². The molecule has 0 amide bonds. The van der Waals surface area contributed by atoms with Crippen molar-refractivity contribution in [3.05, 3.63) is 72.3 Å². The summed E-state index contributed by atoms with van der Waals surface area (Å²) in [4.78, 5) is 0.376. The number of methoxy groups -OCH3 is 1. The van der Waals surface area contributed by atoms with Gasteiger partial charge in [0, 0.05) is 13.1 Å². The van der Waals surface area contributed by atoms with Gasteiger partial charge in [0.25, 0.3) is 0 Å². The van der Waals surface area contributed by atoms with Crippen molar-refractivity contribution in [3.8, 4) is 5.75 Å². The van der Waals surface area contributed by atoms with E-state index in [9.17, 15) is 8.42 Å². The first-order valence-electron chi connectivity index (χ1n) is 9.71. The number of hydrogen-bond acceptors (Lipinski definition) is 3. The molecule has 1 saturated heterocycles. The predicted octanol–water partition coefficient (Wildman–Crippen LogP) is 4.81. The summed E-state index contributed by atoms with van der Waals surface area (Å²) in [6, 6.07) is 21.3. The van der Waals surface area contributed by atoms with Gasteiger partial charge in [-0.05, 0) is 59.4 Å². The van der Waals surface area contributed by atoms with Crippen LogP contribution in [-0.2, 0) is 10.0 Å². The summed E-state index contributed by atoms with van der Waals surface area (Å²) in [7, 11) is -1.87. The van der Waals surface area contributed by atoms with Gasteiger partial charge in [-0.2, -0.15) is 4.31 Å². The highest BCUT2D eigenvalue weighted by Gasteiger charge is 2.29. The Labute approximate surface area is 166 Å². The van der Waals surface area contributed by atoms with E-state index in [0.717, 1.165) is 35.8 Å². The van der Waals surface area contributed by atoms with Crippen molar-refractivity contribution in [1.29, 1.82) is 0 Å². The van der Waals surface area contributed by atoms with Crippen LogP contribution in [0.4, 0.5) is 0 Å². The number of hydrogen-bond donors (Lipinski definition) is 0. The molecule has 0 radical (unpaired) electrons. The Morgan fingerprint density at radius 2 is 1.68 bits per heavy atom. The number of ether oxygens (including phenoxy) is 1. The average Bonchev–Trinajstić information content (AvgIpc) is 3.00. The molecule has 1 atom stereocenters. The molecule has 0 aromatic heterocycles. The molecule has 28 heavy (non-hydrogen) atoms. The van der Waals surface area contributed by atoms with Crippen molar-refractivity contribution in [3.63, 3.8) is 0 Å². The highest BCUT2D eigenvalue weighted by Crippen LogP contribution is 2.31. The van der Waals surface area contributed by atoms with Gasteiger partial charge in [0.05, 0.1) is 12.0 Å². The van der Waals surface area contributed by atoms with Crippen LogP contribution in [0.5, 0.6) is 5.75 Å². The van der Waals surface area contributed by atoms with Crippen LogP contribution in [0.25, 0.3) is 10.8 Å². The van der Waals surface area contributed by atoms with E-state index in [1.54, 1.807) is 23.5 Å².